The third-order valence-corrected chi connectivity index (χ3v) is 8.43. The molecule has 13 heteroatoms. The molecule has 10 nitrogen and oxygen atoms in total. The highest BCUT2D eigenvalue weighted by Gasteiger charge is 2.25. The molecule has 3 aromatic rings. The molecule has 1 amide bonds. The number of sulfone groups is 1. The number of aliphatic hydroxyl groups is 1. The molecular weight excluding hydrogens is 500 g/mol. The first-order valence-electron chi connectivity index (χ1n) is 10.3. The van der Waals surface area contributed by atoms with Crippen molar-refractivity contribution in [1.29, 1.82) is 0 Å². The molecule has 1 aromatic carbocycles. The molecule has 0 saturated heterocycles. The van der Waals surface area contributed by atoms with E-state index in [9.17, 15) is 13.2 Å². The Morgan fingerprint density at radius 1 is 1.21 bits per heavy atom. The summed E-state index contributed by atoms with van der Waals surface area (Å²) in [4.78, 5) is 20.5. The number of nitrogens with one attached hydrogen (secondary N) is 4. The van der Waals surface area contributed by atoms with E-state index in [1.165, 1.54) is 6.20 Å². The number of rotatable bonds is 11. The predicted molar refractivity (Wildman–Crippen MR) is 135 cm³/mol. The van der Waals surface area contributed by atoms with Gasteiger partial charge in [-0.15, -0.1) is 11.3 Å². The first-order chi connectivity index (χ1) is 16.2. The van der Waals surface area contributed by atoms with Gasteiger partial charge in [-0.2, -0.15) is 4.98 Å². The summed E-state index contributed by atoms with van der Waals surface area (Å²) >= 11 is 7.37. The Bertz CT molecular complexity index is 1250. The molecule has 0 fully saturated rings. The second-order valence-corrected chi connectivity index (χ2v) is 11.4. The fraction of sp³-hybridized carbons (Fsp3) is 0.286. The molecule has 2 heterocycles. The van der Waals surface area contributed by atoms with Gasteiger partial charge in [0.15, 0.2) is 15.7 Å². The number of amides is 1. The van der Waals surface area contributed by atoms with Crippen molar-refractivity contribution in [3.05, 3.63) is 46.9 Å². The van der Waals surface area contributed by atoms with E-state index in [2.05, 4.69) is 31.2 Å². The van der Waals surface area contributed by atoms with Crippen molar-refractivity contribution < 1.29 is 18.3 Å². The van der Waals surface area contributed by atoms with E-state index in [0.29, 0.717) is 23.6 Å². The van der Waals surface area contributed by atoms with Crippen LogP contribution < -0.4 is 21.3 Å². The minimum Gasteiger partial charge on any atom is -0.395 e. The standard InChI is InChI=1S/C21H25ClN6O4S2/c1-13(2)34(31,32)20-17(6-9-33-20)27-19-16(22)11-24-21(28-19)26-15-5-3-4-14(10-15)25-18(30)12-23-7-8-29/h3-6,9-11,13,23,29H,7-8,12H2,1-2H3,(H,25,30)(H2,24,26,27,28). The van der Waals surface area contributed by atoms with Crippen molar-refractivity contribution in [3.8, 4) is 0 Å². The Kier molecular flexibility index (Phi) is 8.80. The number of carbonyl (C=O) groups is 1. The minimum absolute atomic E-state index is 0.0497. The first-order valence-corrected chi connectivity index (χ1v) is 13.1. The third-order valence-electron chi connectivity index (χ3n) is 4.48. The van der Waals surface area contributed by atoms with Gasteiger partial charge in [0.2, 0.25) is 11.9 Å². The highest BCUT2D eigenvalue weighted by Crippen LogP contribution is 2.34. The number of hydrogen-bond acceptors (Lipinski definition) is 10. The van der Waals surface area contributed by atoms with E-state index in [-0.39, 0.29) is 40.1 Å². The van der Waals surface area contributed by atoms with Crippen molar-refractivity contribution in [2.75, 3.05) is 35.6 Å². The smallest absolute Gasteiger partial charge is 0.238 e. The molecule has 5 N–H and O–H groups in total. The number of halogens is 1. The van der Waals surface area contributed by atoms with Crippen LogP contribution in [-0.4, -0.2) is 54.3 Å². The summed E-state index contributed by atoms with van der Waals surface area (Å²) in [5.41, 5.74) is 1.58. The van der Waals surface area contributed by atoms with E-state index in [1.54, 1.807) is 49.6 Å². The largest absolute Gasteiger partial charge is 0.395 e. The van der Waals surface area contributed by atoms with Gasteiger partial charge in [-0.25, -0.2) is 13.4 Å². The molecule has 0 spiro atoms. The average molecular weight is 525 g/mol. The third kappa shape index (κ3) is 6.64. The summed E-state index contributed by atoms with van der Waals surface area (Å²) in [6.07, 6.45) is 1.40. The van der Waals surface area contributed by atoms with Gasteiger partial charge in [0.05, 0.1) is 30.3 Å². The number of aliphatic hydroxyl groups excluding tert-OH is 1. The maximum Gasteiger partial charge on any atom is 0.238 e. The molecule has 0 unspecified atom stereocenters. The molecule has 0 bridgehead atoms. The number of aromatic nitrogens is 2. The highest BCUT2D eigenvalue weighted by atomic mass is 35.5. The van der Waals surface area contributed by atoms with Gasteiger partial charge in [-0.05, 0) is 43.5 Å². The van der Waals surface area contributed by atoms with Gasteiger partial charge in [-0.1, -0.05) is 17.7 Å². The Morgan fingerprint density at radius 3 is 2.71 bits per heavy atom. The quantitative estimate of drug-likeness (QED) is 0.238. The maximum atomic E-state index is 12.6. The second kappa shape index (κ2) is 11.6. The summed E-state index contributed by atoms with van der Waals surface area (Å²) in [6.45, 7) is 3.60. The Balaban J connectivity index is 1.75. The molecule has 0 atom stereocenters. The van der Waals surface area contributed by atoms with E-state index < -0.39 is 15.1 Å². The van der Waals surface area contributed by atoms with Crippen molar-refractivity contribution in [1.82, 2.24) is 15.3 Å². The minimum atomic E-state index is -3.48. The van der Waals surface area contributed by atoms with Crippen LogP contribution in [0.1, 0.15) is 13.8 Å². The second-order valence-electron chi connectivity index (χ2n) is 7.39. The summed E-state index contributed by atoms with van der Waals surface area (Å²) in [5.74, 6) is 0.225. The lowest BCUT2D eigenvalue weighted by atomic mass is 10.2. The molecule has 34 heavy (non-hydrogen) atoms. The van der Waals surface area contributed by atoms with Gasteiger partial charge >= 0.3 is 0 Å². The van der Waals surface area contributed by atoms with Crippen LogP contribution in [0.4, 0.5) is 28.8 Å². The highest BCUT2D eigenvalue weighted by molar-refractivity contribution is 7.94. The number of benzene rings is 1. The lowest BCUT2D eigenvalue weighted by Gasteiger charge is -2.13. The summed E-state index contributed by atoms with van der Waals surface area (Å²) in [7, 11) is -3.48. The zero-order valence-corrected chi connectivity index (χ0v) is 20.9. The van der Waals surface area contributed by atoms with Crippen LogP contribution in [-0.2, 0) is 14.6 Å². The van der Waals surface area contributed by atoms with Crippen molar-refractivity contribution in [2.45, 2.75) is 23.3 Å². The van der Waals surface area contributed by atoms with Gasteiger partial charge in [-0.3, -0.25) is 4.79 Å². The lowest BCUT2D eigenvalue weighted by molar-refractivity contribution is -0.115. The van der Waals surface area contributed by atoms with Gasteiger partial charge in [0.25, 0.3) is 0 Å². The van der Waals surface area contributed by atoms with Gasteiger partial charge < -0.3 is 26.4 Å². The van der Waals surface area contributed by atoms with Crippen LogP contribution in [0.5, 0.6) is 0 Å². The number of thiophene rings is 1. The molecule has 2 aromatic heterocycles. The summed E-state index contributed by atoms with van der Waals surface area (Å²) in [6, 6.07) is 8.63. The Hall–Kier alpha value is -2.77. The van der Waals surface area contributed by atoms with Crippen molar-refractivity contribution in [2.24, 2.45) is 0 Å². The monoisotopic (exact) mass is 524 g/mol. The van der Waals surface area contributed by atoms with E-state index in [4.69, 9.17) is 16.7 Å². The van der Waals surface area contributed by atoms with Crippen LogP contribution in [0.15, 0.2) is 46.1 Å². The molecule has 0 aliphatic heterocycles. The molecule has 0 aliphatic carbocycles. The Morgan fingerprint density at radius 2 is 1.97 bits per heavy atom. The zero-order chi connectivity index (χ0) is 24.7. The Labute approximate surface area is 206 Å². The lowest BCUT2D eigenvalue weighted by Crippen LogP contribution is -2.29. The molecule has 0 radical (unpaired) electrons. The number of anilines is 5. The van der Waals surface area contributed by atoms with Crippen molar-refractivity contribution >= 4 is 67.5 Å². The van der Waals surface area contributed by atoms with Crippen LogP contribution in [0.3, 0.4) is 0 Å². The SMILES string of the molecule is CC(C)S(=O)(=O)c1sccc1Nc1nc(Nc2cccc(NC(=O)CNCCO)c2)ncc1Cl. The van der Waals surface area contributed by atoms with Crippen LogP contribution in [0.25, 0.3) is 0 Å². The molecule has 182 valence electrons. The fourth-order valence-corrected chi connectivity index (χ4v) is 5.60. The maximum absolute atomic E-state index is 12.6. The normalized spacial score (nSPS) is 11.4. The van der Waals surface area contributed by atoms with E-state index in [1.807, 2.05) is 0 Å². The van der Waals surface area contributed by atoms with Crippen molar-refractivity contribution in [3.63, 3.8) is 0 Å². The van der Waals surface area contributed by atoms with Crippen LogP contribution in [0, 0.1) is 0 Å². The first kappa shape index (κ1) is 25.8. The molecule has 3 rings (SSSR count). The summed E-state index contributed by atoms with van der Waals surface area (Å²) in [5, 5.41) is 21.7. The molecular formula is C21H25ClN6O4S2. The predicted octanol–water partition coefficient (Wildman–Crippen LogP) is 3.38. The van der Waals surface area contributed by atoms with E-state index >= 15 is 0 Å². The van der Waals surface area contributed by atoms with E-state index in [0.717, 1.165) is 11.3 Å². The fourth-order valence-electron chi connectivity index (χ4n) is 2.76. The van der Waals surface area contributed by atoms with Gasteiger partial charge in [0, 0.05) is 17.9 Å². The zero-order valence-electron chi connectivity index (χ0n) is 18.5. The summed E-state index contributed by atoms with van der Waals surface area (Å²) < 4.78 is 25.5. The topological polar surface area (TPSA) is 145 Å². The molecule has 0 saturated carbocycles. The van der Waals surface area contributed by atoms with Crippen LogP contribution in [0.2, 0.25) is 5.02 Å². The van der Waals surface area contributed by atoms with Gasteiger partial charge in [0.1, 0.15) is 9.23 Å². The van der Waals surface area contributed by atoms with Crippen LogP contribution >= 0.6 is 22.9 Å². The average Bonchev–Trinajstić information content (AvgIpc) is 3.25. The number of carbonyl (C=O) groups excluding carboxylic acids is 1. The molecule has 0 aliphatic rings. The number of hydrogen-bond donors (Lipinski definition) is 5. The number of nitrogens with zero attached hydrogens (tertiary/aromatic N) is 2.